The van der Waals surface area contributed by atoms with E-state index in [0.29, 0.717) is 32.8 Å². The number of hydrogen-bond acceptors (Lipinski definition) is 5. The van der Waals surface area contributed by atoms with Crippen LogP contribution in [0.5, 0.6) is 5.75 Å². The van der Waals surface area contributed by atoms with Gasteiger partial charge in [-0.3, -0.25) is 4.79 Å². The maximum absolute atomic E-state index is 11.6. The lowest BCUT2D eigenvalue weighted by molar-refractivity contribution is -0.125. The molecule has 0 radical (unpaired) electrons. The molecule has 1 saturated heterocycles. The van der Waals surface area contributed by atoms with Gasteiger partial charge in [-0.15, -0.1) is 6.42 Å². The van der Waals surface area contributed by atoms with E-state index in [1.54, 1.807) is 11.1 Å². The van der Waals surface area contributed by atoms with Gasteiger partial charge in [-0.2, -0.15) is 5.10 Å². The number of hydrogen-bond donors (Lipinski definition) is 0. The van der Waals surface area contributed by atoms with E-state index in [4.69, 9.17) is 11.2 Å². The Morgan fingerprint density at radius 1 is 1.25 bits per heavy atom. The van der Waals surface area contributed by atoms with Crippen molar-refractivity contribution in [2.45, 2.75) is 6.92 Å². The molecule has 0 atom stereocenters. The molecule has 0 N–H and O–H groups in total. The maximum Gasteiger partial charge on any atom is 0.298 e. The number of aromatic nitrogens is 3. The van der Waals surface area contributed by atoms with E-state index in [9.17, 15) is 4.79 Å². The molecule has 3 aromatic heterocycles. The number of carbonyl (C=O) groups excluding carboxylic acids is 1. The second kappa shape index (κ2) is 7.61. The molecule has 0 unspecified atom stereocenters. The highest BCUT2D eigenvalue weighted by molar-refractivity contribution is 5.93. The van der Waals surface area contributed by atoms with Crippen LogP contribution in [0.2, 0.25) is 0 Å². The van der Waals surface area contributed by atoms with Crippen molar-refractivity contribution in [2.24, 2.45) is 0 Å². The summed E-state index contributed by atoms with van der Waals surface area (Å²) in [6.07, 6.45) is 10.7. The topological polar surface area (TPSA) is 63.0 Å². The minimum Gasteiger partial charge on any atom is -0.492 e. The van der Waals surface area contributed by atoms with Crippen LogP contribution >= 0.6 is 0 Å². The van der Waals surface area contributed by atoms with E-state index in [1.807, 2.05) is 42.0 Å². The fraction of sp³-hybridized carbons (Fsp3) is 0.286. The zero-order valence-electron chi connectivity index (χ0n) is 15.7. The Morgan fingerprint density at radius 2 is 2.07 bits per heavy atom. The van der Waals surface area contributed by atoms with Crippen molar-refractivity contribution in [3.8, 4) is 29.2 Å². The zero-order chi connectivity index (χ0) is 19.5. The van der Waals surface area contributed by atoms with Crippen molar-refractivity contribution < 1.29 is 9.53 Å². The molecular weight excluding hydrogens is 354 g/mol. The molecule has 1 fully saturated rings. The molecule has 0 spiro atoms. The fourth-order valence-corrected chi connectivity index (χ4v) is 3.44. The largest absolute Gasteiger partial charge is 0.492 e. The number of nitrogens with zero attached hydrogens (tertiary/aromatic N) is 5. The van der Waals surface area contributed by atoms with Crippen molar-refractivity contribution in [1.29, 1.82) is 0 Å². The standard InChI is InChI=1S/C21H21N5O2/c1-3-21(27)25-11-9-24(10-12-25)20-6-5-16(14-22-20)18-13-17(28-4-2)15-26-19(18)7-8-23-26/h1,5-8,13-15H,4,9-12H2,2H3. The normalized spacial score (nSPS) is 14.1. The van der Waals surface area contributed by atoms with Gasteiger partial charge in [0, 0.05) is 43.5 Å². The molecule has 0 saturated carbocycles. The van der Waals surface area contributed by atoms with Crippen molar-refractivity contribution >= 4 is 17.2 Å². The summed E-state index contributed by atoms with van der Waals surface area (Å²) in [5, 5.41) is 4.33. The number of carbonyl (C=O) groups is 1. The Kier molecular flexibility index (Phi) is 4.85. The second-order valence-electron chi connectivity index (χ2n) is 6.51. The van der Waals surface area contributed by atoms with Crippen LogP contribution in [0.25, 0.3) is 16.6 Å². The summed E-state index contributed by atoms with van der Waals surface area (Å²) in [6.45, 7) is 5.20. The molecule has 3 aromatic rings. The SMILES string of the molecule is C#CC(=O)N1CCN(c2ccc(-c3cc(OCC)cn4nccc34)cn2)CC1. The quantitative estimate of drug-likeness (QED) is 0.654. The number of rotatable bonds is 4. The van der Waals surface area contributed by atoms with Gasteiger partial charge >= 0.3 is 0 Å². The lowest BCUT2D eigenvalue weighted by Gasteiger charge is -2.34. The summed E-state index contributed by atoms with van der Waals surface area (Å²) in [7, 11) is 0. The first-order valence-electron chi connectivity index (χ1n) is 9.26. The van der Waals surface area contributed by atoms with Crippen LogP contribution in [0.1, 0.15) is 6.92 Å². The predicted molar refractivity (Wildman–Crippen MR) is 107 cm³/mol. The third kappa shape index (κ3) is 3.37. The zero-order valence-corrected chi connectivity index (χ0v) is 15.7. The number of pyridine rings is 2. The minimum atomic E-state index is -0.248. The smallest absolute Gasteiger partial charge is 0.298 e. The van der Waals surface area contributed by atoms with Gasteiger partial charge in [-0.1, -0.05) is 0 Å². The van der Waals surface area contributed by atoms with Crippen LogP contribution in [-0.4, -0.2) is 58.2 Å². The van der Waals surface area contributed by atoms with Crippen LogP contribution in [0.4, 0.5) is 5.82 Å². The van der Waals surface area contributed by atoms with Crippen molar-refractivity contribution in [3.05, 3.63) is 42.9 Å². The average Bonchev–Trinajstić information content (AvgIpc) is 3.22. The molecule has 0 aliphatic carbocycles. The van der Waals surface area contributed by atoms with Gasteiger partial charge in [0.2, 0.25) is 0 Å². The van der Waals surface area contributed by atoms with E-state index in [1.165, 1.54) is 0 Å². The molecule has 142 valence electrons. The second-order valence-corrected chi connectivity index (χ2v) is 6.51. The van der Waals surface area contributed by atoms with Gasteiger partial charge in [0.1, 0.15) is 11.6 Å². The summed E-state index contributed by atoms with van der Waals surface area (Å²) in [5.74, 6) is 3.59. The fourth-order valence-electron chi connectivity index (χ4n) is 3.44. The molecule has 1 aliphatic rings. The molecule has 7 nitrogen and oxygen atoms in total. The highest BCUT2D eigenvalue weighted by atomic mass is 16.5. The van der Waals surface area contributed by atoms with Crippen molar-refractivity contribution in [1.82, 2.24) is 19.5 Å². The van der Waals surface area contributed by atoms with Gasteiger partial charge in [0.15, 0.2) is 0 Å². The monoisotopic (exact) mass is 375 g/mol. The molecule has 1 aliphatic heterocycles. The van der Waals surface area contributed by atoms with Crippen LogP contribution < -0.4 is 9.64 Å². The van der Waals surface area contributed by atoms with Gasteiger partial charge < -0.3 is 14.5 Å². The van der Waals surface area contributed by atoms with Gasteiger partial charge in [-0.05, 0) is 37.1 Å². The molecule has 0 aromatic carbocycles. The summed E-state index contributed by atoms with van der Waals surface area (Å²) >= 11 is 0. The number of ether oxygens (including phenoxy) is 1. The van der Waals surface area contributed by atoms with Crippen LogP contribution in [0.3, 0.4) is 0 Å². The van der Waals surface area contributed by atoms with E-state index in [2.05, 4.69) is 27.0 Å². The summed E-state index contributed by atoms with van der Waals surface area (Å²) in [4.78, 5) is 20.1. The van der Waals surface area contributed by atoms with Crippen molar-refractivity contribution in [2.75, 3.05) is 37.7 Å². The van der Waals surface area contributed by atoms with Gasteiger partial charge in [0.05, 0.1) is 24.5 Å². The first-order chi connectivity index (χ1) is 13.7. The summed E-state index contributed by atoms with van der Waals surface area (Å²) < 4.78 is 7.48. The Morgan fingerprint density at radius 3 is 2.75 bits per heavy atom. The third-order valence-electron chi connectivity index (χ3n) is 4.87. The summed E-state index contributed by atoms with van der Waals surface area (Å²) in [5.41, 5.74) is 3.02. The summed E-state index contributed by atoms with van der Waals surface area (Å²) in [6, 6.07) is 8.05. The Hall–Kier alpha value is -3.53. The molecule has 4 heterocycles. The number of fused-ring (bicyclic) bond motifs is 1. The maximum atomic E-state index is 11.6. The van der Waals surface area contributed by atoms with E-state index in [-0.39, 0.29) is 5.91 Å². The first-order valence-corrected chi connectivity index (χ1v) is 9.26. The number of anilines is 1. The average molecular weight is 375 g/mol. The number of terminal acetylenes is 1. The van der Waals surface area contributed by atoms with Gasteiger partial charge in [-0.25, -0.2) is 9.50 Å². The third-order valence-corrected chi connectivity index (χ3v) is 4.87. The lowest BCUT2D eigenvalue weighted by atomic mass is 10.1. The highest BCUT2D eigenvalue weighted by Gasteiger charge is 2.20. The van der Waals surface area contributed by atoms with E-state index in [0.717, 1.165) is 28.2 Å². The van der Waals surface area contributed by atoms with E-state index < -0.39 is 0 Å². The Balaban J connectivity index is 1.56. The number of piperazine rings is 1. The minimum absolute atomic E-state index is 0.248. The molecule has 4 rings (SSSR count). The predicted octanol–water partition coefficient (Wildman–Crippen LogP) is 2.08. The van der Waals surface area contributed by atoms with Crippen molar-refractivity contribution in [3.63, 3.8) is 0 Å². The Labute approximate surface area is 163 Å². The molecular formula is C21H21N5O2. The van der Waals surface area contributed by atoms with E-state index >= 15 is 0 Å². The van der Waals surface area contributed by atoms with Crippen LogP contribution in [-0.2, 0) is 4.79 Å². The molecule has 1 amide bonds. The Bertz CT molecular complexity index is 1030. The van der Waals surface area contributed by atoms with Crippen LogP contribution in [0.15, 0.2) is 42.9 Å². The van der Waals surface area contributed by atoms with Gasteiger partial charge in [0.25, 0.3) is 5.91 Å². The molecule has 0 bridgehead atoms. The van der Waals surface area contributed by atoms with Crippen LogP contribution in [0, 0.1) is 12.3 Å². The highest BCUT2D eigenvalue weighted by Crippen LogP contribution is 2.29. The lowest BCUT2D eigenvalue weighted by Crippen LogP contribution is -2.48. The first kappa shape index (κ1) is 17.9. The number of amides is 1. The molecule has 28 heavy (non-hydrogen) atoms. The molecule has 7 heteroatoms.